The number of aliphatic carboxylic acids is 1. The van der Waals surface area contributed by atoms with Gasteiger partial charge in [0, 0.05) is 32.3 Å². The fourth-order valence-electron chi connectivity index (χ4n) is 2.62. The minimum Gasteiger partial charge on any atom is -0.481 e. The maximum absolute atomic E-state index is 12.6. The van der Waals surface area contributed by atoms with Crippen molar-refractivity contribution in [2.24, 2.45) is 0 Å². The van der Waals surface area contributed by atoms with Crippen LogP contribution in [-0.2, 0) is 11.0 Å². The molecule has 8 heteroatoms. The maximum atomic E-state index is 12.6. The minimum atomic E-state index is -4.37. The SMILES string of the molecule is O=C(O)CCCN1CCCN(c2ccc(C(F)(F)F)cn2)CC1. The number of hydrogen-bond donors (Lipinski definition) is 1. The van der Waals surface area contributed by atoms with Gasteiger partial charge >= 0.3 is 12.1 Å². The Hall–Kier alpha value is -1.83. The second-order valence-corrected chi connectivity index (χ2v) is 5.58. The molecule has 23 heavy (non-hydrogen) atoms. The van der Waals surface area contributed by atoms with E-state index in [1.54, 1.807) is 0 Å². The van der Waals surface area contributed by atoms with Crippen molar-refractivity contribution >= 4 is 11.8 Å². The monoisotopic (exact) mass is 331 g/mol. The quantitative estimate of drug-likeness (QED) is 0.898. The van der Waals surface area contributed by atoms with Crippen molar-refractivity contribution in [2.75, 3.05) is 37.6 Å². The number of nitrogens with zero attached hydrogens (tertiary/aromatic N) is 3. The lowest BCUT2D eigenvalue weighted by molar-refractivity contribution is -0.138. The van der Waals surface area contributed by atoms with Gasteiger partial charge in [0.05, 0.1) is 5.56 Å². The number of aromatic nitrogens is 1. The second kappa shape index (κ2) is 7.63. The first-order chi connectivity index (χ1) is 10.9. The molecule has 0 unspecified atom stereocenters. The summed E-state index contributed by atoms with van der Waals surface area (Å²) >= 11 is 0. The molecule has 0 saturated carbocycles. The third-order valence-corrected chi connectivity index (χ3v) is 3.85. The van der Waals surface area contributed by atoms with E-state index in [-0.39, 0.29) is 6.42 Å². The third kappa shape index (κ3) is 5.38. The Kier molecular flexibility index (Phi) is 5.81. The predicted molar refractivity (Wildman–Crippen MR) is 79.4 cm³/mol. The Morgan fingerprint density at radius 1 is 1.22 bits per heavy atom. The van der Waals surface area contributed by atoms with E-state index < -0.39 is 17.7 Å². The molecule has 0 radical (unpaired) electrons. The number of carboxylic acids is 1. The van der Waals surface area contributed by atoms with Crippen molar-refractivity contribution in [3.63, 3.8) is 0 Å². The molecule has 2 rings (SSSR count). The molecule has 0 aliphatic carbocycles. The first kappa shape index (κ1) is 17.5. The van der Waals surface area contributed by atoms with Crippen LogP contribution in [0.2, 0.25) is 0 Å². The summed E-state index contributed by atoms with van der Waals surface area (Å²) in [5, 5.41) is 8.65. The lowest BCUT2D eigenvalue weighted by Gasteiger charge is -2.23. The van der Waals surface area contributed by atoms with Gasteiger partial charge in [-0.2, -0.15) is 13.2 Å². The molecule has 2 heterocycles. The van der Waals surface area contributed by atoms with E-state index in [1.807, 2.05) is 4.90 Å². The maximum Gasteiger partial charge on any atom is 0.417 e. The highest BCUT2D eigenvalue weighted by molar-refractivity contribution is 5.66. The van der Waals surface area contributed by atoms with E-state index >= 15 is 0 Å². The molecular weight excluding hydrogens is 311 g/mol. The van der Waals surface area contributed by atoms with Crippen LogP contribution in [0.5, 0.6) is 0 Å². The van der Waals surface area contributed by atoms with Crippen LogP contribution >= 0.6 is 0 Å². The number of rotatable bonds is 5. The normalized spacial score (nSPS) is 17.1. The zero-order chi connectivity index (χ0) is 16.9. The van der Waals surface area contributed by atoms with Gasteiger partial charge in [0.15, 0.2) is 0 Å². The van der Waals surface area contributed by atoms with Crippen molar-refractivity contribution < 1.29 is 23.1 Å². The van der Waals surface area contributed by atoms with Gasteiger partial charge in [-0.05, 0) is 38.1 Å². The van der Waals surface area contributed by atoms with Crippen molar-refractivity contribution in [1.82, 2.24) is 9.88 Å². The van der Waals surface area contributed by atoms with Crippen LogP contribution in [0.4, 0.5) is 19.0 Å². The summed E-state index contributed by atoms with van der Waals surface area (Å²) in [6, 6.07) is 2.46. The molecular formula is C15H20F3N3O2. The van der Waals surface area contributed by atoms with E-state index in [9.17, 15) is 18.0 Å². The third-order valence-electron chi connectivity index (χ3n) is 3.85. The van der Waals surface area contributed by atoms with E-state index in [0.717, 1.165) is 44.9 Å². The average molecular weight is 331 g/mol. The number of hydrogen-bond acceptors (Lipinski definition) is 4. The van der Waals surface area contributed by atoms with Gasteiger partial charge in [-0.1, -0.05) is 0 Å². The van der Waals surface area contributed by atoms with E-state index in [1.165, 1.54) is 6.07 Å². The Labute approximate surface area is 132 Å². The van der Waals surface area contributed by atoms with Gasteiger partial charge in [0.25, 0.3) is 0 Å². The summed E-state index contributed by atoms with van der Waals surface area (Å²) in [6.45, 7) is 3.74. The van der Waals surface area contributed by atoms with Crippen LogP contribution in [0.3, 0.4) is 0 Å². The molecule has 1 aliphatic heterocycles. The van der Waals surface area contributed by atoms with E-state index in [2.05, 4.69) is 9.88 Å². The van der Waals surface area contributed by atoms with E-state index in [4.69, 9.17) is 5.11 Å². The molecule has 1 fully saturated rings. The van der Waals surface area contributed by atoms with Gasteiger partial charge < -0.3 is 14.9 Å². The second-order valence-electron chi connectivity index (χ2n) is 5.58. The van der Waals surface area contributed by atoms with Crippen LogP contribution in [0.25, 0.3) is 0 Å². The summed E-state index contributed by atoms with van der Waals surface area (Å²) in [7, 11) is 0. The number of carbonyl (C=O) groups is 1. The summed E-state index contributed by atoms with van der Waals surface area (Å²) in [6.07, 6.45) is -1.87. The molecule has 1 aromatic heterocycles. The minimum absolute atomic E-state index is 0.153. The van der Waals surface area contributed by atoms with Gasteiger partial charge in [-0.25, -0.2) is 4.98 Å². The number of alkyl halides is 3. The van der Waals surface area contributed by atoms with Crippen molar-refractivity contribution in [3.05, 3.63) is 23.9 Å². The Bertz CT molecular complexity index is 520. The fourth-order valence-corrected chi connectivity index (χ4v) is 2.62. The molecule has 0 atom stereocenters. The van der Waals surface area contributed by atoms with E-state index in [0.29, 0.717) is 18.8 Å². The fraction of sp³-hybridized carbons (Fsp3) is 0.600. The first-order valence-corrected chi connectivity index (χ1v) is 7.58. The molecule has 0 aromatic carbocycles. The first-order valence-electron chi connectivity index (χ1n) is 7.58. The topological polar surface area (TPSA) is 56.7 Å². The smallest absolute Gasteiger partial charge is 0.417 e. The highest BCUT2D eigenvalue weighted by Crippen LogP contribution is 2.29. The average Bonchev–Trinajstić information content (AvgIpc) is 2.72. The molecule has 128 valence electrons. The summed E-state index contributed by atoms with van der Waals surface area (Å²) in [5.41, 5.74) is -0.744. The Morgan fingerprint density at radius 3 is 2.61 bits per heavy atom. The summed E-state index contributed by atoms with van der Waals surface area (Å²) < 4.78 is 37.7. The molecule has 1 saturated heterocycles. The molecule has 0 bridgehead atoms. The van der Waals surface area contributed by atoms with Crippen molar-refractivity contribution in [2.45, 2.75) is 25.4 Å². The molecule has 1 aliphatic rings. The van der Waals surface area contributed by atoms with Crippen molar-refractivity contribution in [1.29, 1.82) is 0 Å². The number of pyridine rings is 1. The molecule has 1 aromatic rings. The highest BCUT2D eigenvalue weighted by Gasteiger charge is 2.31. The molecule has 0 spiro atoms. The zero-order valence-electron chi connectivity index (χ0n) is 12.7. The standard InChI is InChI=1S/C15H20F3N3O2/c16-15(17,18)12-4-5-13(19-11-12)21-8-2-7-20(9-10-21)6-1-3-14(22)23/h4-5,11H,1-3,6-10H2,(H,22,23). The van der Waals surface area contributed by atoms with Crippen molar-refractivity contribution in [3.8, 4) is 0 Å². The Balaban J connectivity index is 1.89. The van der Waals surface area contributed by atoms with Crippen LogP contribution in [0.1, 0.15) is 24.8 Å². The molecule has 0 amide bonds. The lowest BCUT2D eigenvalue weighted by Crippen LogP contribution is -2.32. The number of halogens is 3. The van der Waals surface area contributed by atoms with Crippen LogP contribution in [-0.4, -0.2) is 53.7 Å². The molecule has 1 N–H and O–H groups in total. The number of anilines is 1. The van der Waals surface area contributed by atoms with Crippen LogP contribution in [0, 0.1) is 0 Å². The lowest BCUT2D eigenvalue weighted by atomic mass is 10.2. The van der Waals surface area contributed by atoms with Crippen LogP contribution in [0.15, 0.2) is 18.3 Å². The molecule has 5 nitrogen and oxygen atoms in total. The van der Waals surface area contributed by atoms with Gasteiger partial charge in [-0.3, -0.25) is 4.79 Å². The summed E-state index contributed by atoms with van der Waals surface area (Å²) in [5.74, 6) is -0.249. The van der Waals surface area contributed by atoms with Gasteiger partial charge in [-0.15, -0.1) is 0 Å². The highest BCUT2D eigenvalue weighted by atomic mass is 19.4. The Morgan fingerprint density at radius 2 is 2.00 bits per heavy atom. The summed E-state index contributed by atoms with van der Waals surface area (Å²) in [4.78, 5) is 18.6. The largest absolute Gasteiger partial charge is 0.481 e. The van der Waals surface area contributed by atoms with Gasteiger partial charge in [0.2, 0.25) is 0 Å². The van der Waals surface area contributed by atoms with Gasteiger partial charge in [0.1, 0.15) is 5.82 Å². The zero-order valence-corrected chi connectivity index (χ0v) is 12.7. The predicted octanol–water partition coefficient (Wildman–Crippen LogP) is 2.48. The number of carboxylic acid groups (broad SMARTS) is 1. The van der Waals surface area contributed by atoms with Crippen LogP contribution < -0.4 is 4.90 Å².